The highest BCUT2D eigenvalue weighted by Gasteiger charge is 2.20. The van der Waals surface area contributed by atoms with Crippen LogP contribution in [0.4, 0.5) is 0 Å². The van der Waals surface area contributed by atoms with Gasteiger partial charge in [-0.3, -0.25) is 0 Å². The standard InChI is InChI=1S/C12H18O4/c1-9(2)8-15-11(13)6-7-12(14)16-10-4-3-5-10/h6-7,9-10H,3-5,8H2,1-2H3/b7-6+. The van der Waals surface area contributed by atoms with Gasteiger partial charge in [-0.05, 0) is 25.2 Å². The van der Waals surface area contributed by atoms with Crippen LogP contribution in [0.2, 0.25) is 0 Å². The minimum absolute atomic E-state index is 0.0452. The van der Waals surface area contributed by atoms with Gasteiger partial charge in [0.25, 0.3) is 0 Å². The van der Waals surface area contributed by atoms with Crippen LogP contribution in [0.25, 0.3) is 0 Å². The Morgan fingerprint density at radius 3 is 2.38 bits per heavy atom. The van der Waals surface area contributed by atoms with Crippen LogP contribution in [0.15, 0.2) is 12.2 Å². The van der Waals surface area contributed by atoms with Gasteiger partial charge in [0, 0.05) is 12.2 Å². The monoisotopic (exact) mass is 226 g/mol. The normalized spacial score (nSPS) is 16.2. The maximum absolute atomic E-state index is 11.2. The SMILES string of the molecule is CC(C)COC(=O)/C=C/C(=O)OC1CCC1. The Bertz CT molecular complexity index is 277. The molecule has 1 saturated carbocycles. The molecule has 0 radical (unpaired) electrons. The van der Waals surface area contributed by atoms with Crippen molar-refractivity contribution in [3.63, 3.8) is 0 Å². The predicted octanol–water partition coefficient (Wildman–Crippen LogP) is 1.84. The fourth-order valence-electron chi connectivity index (χ4n) is 1.13. The molecule has 0 aromatic rings. The highest BCUT2D eigenvalue weighted by Crippen LogP contribution is 2.21. The lowest BCUT2D eigenvalue weighted by Gasteiger charge is -2.24. The zero-order chi connectivity index (χ0) is 12.0. The smallest absolute Gasteiger partial charge is 0.331 e. The van der Waals surface area contributed by atoms with E-state index in [-0.39, 0.29) is 6.10 Å². The van der Waals surface area contributed by atoms with Crippen LogP contribution in [0, 0.1) is 5.92 Å². The summed E-state index contributed by atoms with van der Waals surface area (Å²) >= 11 is 0. The number of carbonyl (C=O) groups is 2. The average Bonchev–Trinajstić information content (AvgIpc) is 2.17. The molecule has 0 atom stereocenters. The van der Waals surface area contributed by atoms with Gasteiger partial charge < -0.3 is 9.47 Å². The maximum atomic E-state index is 11.2. The van der Waals surface area contributed by atoms with Crippen LogP contribution in [-0.4, -0.2) is 24.6 Å². The van der Waals surface area contributed by atoms with Gasteiger partial charge in [0.1, 0.15) is 6.10 Å². The fraction of sp³-hybridized carbons (Fsp3) is 0.667. The van der Waals surface area contributed by atoms with Crippen LogP contribution in [0.1, 0.15) is 33.1 Å². The number of hydrogen-bond donors (Lipinski definition) is 0. The van der Waals surface area contributed by atoms with Crippen LogP contribution in [0.5, 0.6) is 0 Å². The molecule has 0 spiro atoms. The summed E-state index contributed by atoms with van der Waals surface area (Å²) in [7, 11) is 0. The minimum Gasteiger partial charge on any atom is -0.462 e. The summed E-state index contributed by atoms with van der Waals surface area (Å²) in [5.41, 5.74) is 0. The van der Waals surface area contributed by atoms with Gasteiger partial charge in [0.2, 0.25) is 0 Å². The van der Waals surface area contributed by atoms with Crippen molar-refractivity contribution >= 4 is 11.9 Å². The van der Waals surface area contributed by atoms with Crippen molar-refractivity contribution < 1.29 is 19.1 Å². The van der Waals surface area contributed by atoms with E-state index in [1.54, 1.807) is 0 Å². The van der Waals surface area contributed by atoms with Crippen molar-refractivity contribution in [1.82, 2.24) is 0 Å². The third kappa shape index (κ3) is 4.96. The molecule has 1 aliphatic carbocycles. The summed E-state index contributed by atoms with van der Waals surface area (Å²) in [5, 5.41) is 0. The van der Waals surface area contributed by atoms with Crippen molar-refractivity contribution in [2.45, 2.75) is 39.2 Å². The van der Waals surface area contributed by atoms with E-state index in [1.165, 1.54) is 0 Å². The molecule has 90 valence electrons. The molecule has 0 aliphatic heterocycles. The first-order valence-corrected chi connectivity index (χ1v) is 5.63. The quantitative estimate of drug-likeness (QED) is 0.530. The van der Waals surface area contributed by atoms with Gasteiger partial charge in [0.15, 0.2) is 0 Å². The Morgan fingerprint density at radius 2 is 1.88 bits per heavy atom. The Kier molecular flexibility index (Phi) is 5.02. The number of hydrogen-bond acceptors (Lipinski definition) is 4. The molecule has 0 saturated heterocycles. The molecule has 4 nitrogen and oxygen atoms in total. The van der Waals surface area contributed by atoms with E-state index in [0.717, 1.165) is 31.4 Å². The zero-order valence-electron chi connectivity index (χ0n) is 9.77. The summed E-state index contributed by atoms with van der Waals surface area (Å²) in [6.07, 6.45) is 5.25. The van der Waals surface area contributed by atoms with Crippen LogP contribution in [-0.2, 0) is 19.1 Å². The van der Waals surface area contributed by atoms with Gasteiger partial charge in [-0.15, -0.1) is 0 Å². The highest BCUT2D eigenvalue weighted by molar-refractivity contribution is 5.91. The Balaban J connectivity index is 2.18. The molecule has 16 heavy (non-hydrogen) atoms. The lowest BCUT2D eigenvalue weighted by atomic mass is 9.96. The molecule has 4 heteroatoms. The van der Waals surface area contributed by atoms with E-state index in [0.29, 0.717) is 12.5 Å². The molecule has 1 fully saturated rings. The van der Waals surface area contributed by atoms with E-state index in [1.807, 2.05) is 13.8 Å². The van der Waals surface area contributed by atoms with Crippen molar-refractivity contribution in [3.8, 4) is 0 Å². The second-order valence-corrected chi connectivity index (χ2v) is 4.35. The molecule has 0 unspecified atom stereocenters. The van der Waals surface area contributed by atoms with Crippen LogP contribution < -0.4 is 0 Å². The molecule has 1 aliphatic rings. The molecule has 1 rings (SSSR count). The lowest BCUT2D eigenvalue weighted by Crippen LogP contribution is -2.24. The van der Waals surface area contributed by atoms with Gasteiger partial charge in [-0.1, -0.05) is 13.8 Å². The number of rotatable bonds is 5. The molecule has 0 bridgehead atoms. The Hall–Kier alpha value is -1.32. The topological polar surface area (TPSA) is 52.6 Å². The summed E-state index contributed by atoms with van der Waals surface area (Å²) < 4.78 is 9.89. The first kappa shape index (κ1) is 12.7. The second kappa shape index (κ2) is 6.30. The van der Waals surface area contributed by atoms with E-state index in [4.69, 9.17) is 9.47 Å². The van der Waals surface area contributed by atoms with Crippen molar-refractivity contribution in [3.05, 3.63) is 12.2 Å². The summed E-state index contributed by atoms with van der Waals surface area (Å²) in [6.45, 7) is 4.25. The van der Waals surface area contributed by atoms with Crippen LogP contribution >= 0.6 is 0 Å². The Morgan fingerprint density at radius 1 is 1.25 bits per heavy atom. The summed E-state index contributed by atoms with van der Waals surface area (Å²) in [4.78, 5) is 22.3. The van der Waals surface area contributed by atoms with Gasteiger partial charge in [-0.25, -0.2) is 9.59 Å². The number of ether oxygens (including phenoxy) is 2. The average molecular weight is 226 g/mol. The molecule has 0 aromatic carbocycles. The lowest BCUT2D eigenvalue weighted by molar-refractivity contribution is -0.147. The molecular weight excluding hydrogens is 208 g/mol. The molecule has 0 N–H and O–H groups in total. The maximum Gasteiger partial charge on any atom is 0.331 e. The first-order chi connectivity index (χ1) is 7.58. The third-order valence-electron chi connectivity index (χ3n) is 2.25. The van der Waals surface area contributed by atoms with E-state index in [2.05, 4.69) is 0 Å². The third-order valence-corrected chi connectivity index (χ3v) is 2.25. The van der Waals surface area contributed by atoms with Crippen LogP contribution in [0.3, 0.4) is 0 Å². The van der Waals surface area contributed by atoms with Gasteiger partial charge in [-0.2, -0.15) is 0 Å². The fourth-order valence-corrected chi connectivity index (χ4v) is 1.13. The molecule has 0 aromatic heterocycles. The largest absolute Gasteiger partial charge is 0.462 e. The summed E-state index contributed by atoms with van der Waals surface area (Å²) in [6, 6.07) is 0. The number of carbonyl (C=O) groups excluding carboxylic acids is 2. The highest BCUT2D eigenvalue weighted by atomic mass is 16.5. The minimum atomic E-state index is -0.501. The van der Waals surface area contributed by atoms with E-state index in [9.17, 15) is 9.59 Å². The van der Waals surface area contributed by atoms with Crippen molar-refractivity contribution in [2.75, 3.05) is 6.61 Å². The molecular formula is C12H18O4. The predicted molar refractivity (Wildman–Crippen MR) is 58.7 cm³/mol. The van der Waals surface area contributed by atoms with E-state index >= 15 is 0 Å². The van der Waals surface area contributed by atoms with Gasteiger partial charge >= 0.3 is 11.9 Å². The zero-order valence-corrected chi connectivity index (χ0v) is 9.77. The number of esters is 2. The van der Waals surface area contributed by atoms with E-state index < -0.39 is 11.9 Å². The van der Waals surface area contributed by atoms with Crippen molar-refractivity contribution in [2.24, 2.45) is 5.92 Å². The van der Waals surface area contributed by atoms with Gasteiger partial charge in [0.05, 0.1) is 6.61 Å². The summed E-state index contributed by atoms with van der Waals surface area (Å²) in [5.74, 6) is -0.676. The first-order valence-electron chi connectivity index (χ1n) is 5.63. The second-order valence-electron chi connectivity index (χ2n) is 4.35. The molecule has 0 heterocycles. The molecule has 0 amide bonds. The Labute approximate surface area is 95.6 Å². The van der Waals surface area contributed by atoms with Crippen molar-refractivity contribution in [1.29, 1.82) is 0 Å².